The van der Waals surface area contributed by atoms with E-state index in [0.29, 0.717) is 59.3 Å². The van der Waals surface area contributed by atoms with Gasteiger partial charge in [-0.3, -0.25) is 0 Å². The Hall–Kier alpha value is -4.72. The molecule has 0 saturated heterocycles. The van der Waals surface area contributed by atoms with Crippen LogP contribution < -0.4 is 10.4 Å². The van der Waals surface area contributed by atoms with Crippen LogP contribution in [-0.4, -0.2) is 31.1 Å². The van der Waals surface area contributed by atoms with Crippen molar-refractivity contribution in [2.24, 2.45) is 0 Å². The fourth-order valence-corrected chi connectivity index (χ4v) is 3.92. The summed E-state index contributed by atoms with van der Waals surface area (Å²) in [6.45, 7) is 15.9. The van der Waals surface area contributed by atoms with Gasteiger partial charge in [-0.15, -0.1) is 0 Å². The van der Waals surface area contributed by atoms with Gasteiger partial charge in [0.15, 0.2) is 0 Å². The van der Waals surface area contributed by atoms with Crippen LogP contribution in [0.5, 0.6) is 5.75 Å². The number of carbonyl (C=O) groups is 3. The lowest BCUT2D eigenvalue weighted by Crippen LogP contribution is -2.09. The number of hydrogen-bond acceptors (Lipinski definition) is 8. The lowest BCUT2D eigenvalue weighted by atomic mass is 9.98. The molecular formula is C33H34O8. The summed E-state index contributed by atoms with van der Waals surface area (Å²) in [5.74, 6) is -1.09. The Bertz CT molecular complexity index is 1560. The molecule has 0 radical (unpaired) electrons. The summed E-state index contributed by atoms with van der Waals surface area (Å²) >= 11 is 0. The molecule has 41 heavy (non-hydrogen) atoms. The highest BCUT2D eigenvalue weighted by Crippen LogP contribution is 2.28. The summed E-state index contributed by atoms with van der Waals surface area (Å²) in [5, 5.41) is 0.725. The van der Waals surface area contributed by atoms with Gasteiger partial charge in [-0.05, 0) is 87.4 Å². The molecule has 0 amide bonds. The Morgan fingerprint density at radius 2 is 1.32 bits per heavy atom. The number of aryl methyl sites for hydroxylation is 2. The van der Waals surface area contributed by atoms with Gasteiger partial charge in [-0.25, -0.2) is 19.2 Å². The van der Waals surface area contributed by atoms with Crippen LogP contribution in [0.4, 0.5) is 0 Å². The van der Waals surface area contributed by atoms with Gasteiger partial charge in [0.2, 0.25) is 0 Å². The first-order valence-electron chi connectivity index (χ1n) is 13.2. The highest BCUT2D eigenvalue weighted by molar-refractivity contribution is 5.89. The summed E-state index contributed by atoms with van der Waals surface area (Å²) in [4.78, 5) is 48.3. The Kier molecular flexibility index (Phi) is 10.6. The normalized spacial score (nSPS) is 10.6. The third kappa shape index (κ3) is 8.63. The standard InChI is InChI=1S/C33H34O8/c1-20(2)30(34)38-15-7-9-23-17-25(10-8-16-39-31(35)21(3)4)29-26(18-23)19-28(33(37)41-29)24-11-13-27(14-12-24)40-32(36)22(5)6/h11-14,17-19H,1,3,5,7-10,15-16H2,2,4,6H3. The Morgan fingerprint density at radius 1 is 0.756 bits per heavy atom. The second kappa shape index (κ2) is 14.1. The summed E-state index contributed by atoms with van der Waals surface area (Å²) in [7, 11) is 0. The zero-order valence-corrected chi connectivity index (χ0v) is 23.7. The van der Waals surface area contributed by atoms with Crippen molar-refractivity contribution >= 4 is 28.9 Å². The van der Waals surface area contributed by atoms with E-state index in [0.717, 1.165) is 16.5 Å². The molecule has 0 atom stereocenters. The Labute approximate surface area is 238 Å². The van der Waals surface area contributed by atoms with Gasteiger partial charge < -0.3 is 18.6 Å². The fourth-order valence-electron chi connectivity index (χ4n) is 3.92. The number of hydrogen-bond donors (Lipinski definition) is 0. The van der Waals surface area contributed by atoms with Gasteiger partial charge in [0.25, 0.3) is 0 Å². The first-order valence-corrected chi connectivity index (χ1v) is 13.2. The third-order valence-corrected chi connectivity index (χ3v) is 6.06. The second-order valence-electron chi connectivity index (χ2n) is 9.85. The van der Waals surface area contributed by atoms with Gasteiger partial charge >= 0.3 is 23.5 Å². The molecular weight excluding hydrogens is 524 g/mol. The average Bonchev–Trinajstić information content (AvgIpc) is 2.93. The number of benzene rings is 2. The van der Waals surface area contributed by atoms with Crippen LogP contribution >= 0.6 is 0 Å². The topological polar surface area (TPSA) is 109 Å². The molecule has 0 spiro atoms. The maximum atomic E-state index is 13.0. The van der Waals surface area contributed by atoms with Gasteiger partial charge in [0.05, 0.1) is 18.8 Å². The summed E-state index contributed by atoms with van der Waals surface area (Å²) in [6.07, 6.45) is 2.23. The van der Waals surface area contributed by atoms with Gasteiger partial charge in [-0.1, -0.05) is 37.9 Å². The van der Waals surface area contributed by atoms with Crippen LogP contribution in [0.2, 0.25) is 0 Å². The first-order chi connectivity index (χ1) is 19.5. The van der Waals surface area contributed by atoms with Crippen molar-refractivity contribution in [3.63, 3.8) is 0 Å². The van der Waals surface area contributed by atoms with E-state index in [1.807, 2.05) is 12.1 Å². The van der Waals surface area contributed by atoms with E-state index in [2.05, 4.69) is 19.7 Å². The predicted molar refractivity (Wildman–Crippen MR) is 157 cm³/mol. The van der Waals surface area contributed by atoms with E-state index in [9.17, 15) is 19.2 Å². The van der Waals surface area contributed by atoms with Crippen molar-refractivity contribution < 1.29 is 33.0 Å². The molecule has 8 nitrogen and oxygen atoms in total. The van der Waals surface area contributed by atoms with Crippen LogP contribution in [-0.2, 0) is 36.7 Å². The fraction of sp³-hybridized carbons (Fsp3) is 0.273. The maximum Gasteiger partial charge on any atom is 0.344 e. The second-order valence-corrected chi connectivity index (χ2v) is 9.85. The largest absolute Gasteiger partial charge is 0.462 e. The number of ether oxygens (including phenoxy) is 3. The highest BCUT2D eigenvalue weighted by Gasteiger charge is 2.14. The van der Waals surface area contributed by atoms with Crippen molar-refractivity contribution in [1.82, 2.24) is 0 Å². The predicted octanol–water partition coefficient (Wildman–Crippen LogP) is 6.05. The highest BCUT2D eigenvalue weighted by atomic mass is 16.5. The zero-order valence-electron chi connectivity index (χ0n) is 23.7. The van der Waals surface area contributed by atoms with E-state index < -0.39 is 23.5 Å². The lowest BCUT2D eigenvalue weighted by Gasteiger charge is -2.12. The molecule has 0 aliphatic carbocycles. The molecule has 0 aliphatic rings. The van der Waals surface area contributed by atoms with Crippen LogP contribution in [0.15, 0.2) is 88.1 Å². The van der Waals surface area contributed by atoms with Crippen molar-refractivity contribution in [3.8, 4) is 16.9 Å². The molecule has 0 unspecified atom stereocenters. The minimum absolute atomic E-state index is 0.193. The molecule has 0 fully saturated rings. The quantitative estimate of drug-likeness (QED) is 0.0821. The average molecular weight is 559 g/mol. The number of rotatable bonds is 13. The summed E-state index contributed by atoms with van der Waals surface area (Å²) in [5.41, 5.74) is 3.60. The smallest absolute Gasteiger partial charge is 0.344 e. The molecule has 0 bridgehead atoms. The Balaban J connectivity index is 1.89. The van der Waals surface area contributed by atoms with E-state index in [1.165, 1.54) is 0 Å². The lowest BCUT2D eigenvalue weighted by molar-refractivity contribution is -0.139. The van der Waals surface area contributed by atoms with E-state index in [-0.39, 0.29) is 18.8 Å². The number of carbonyl (C=O) groups excluding carboxylic acids is 3. The maximum absolute atomic E-state index is 13.0. The van der Waals surface area contributed by atoms with E-state index in [1.54, 1.807) is 51.1 Å². The molecule has 3 rings (SSSR count). The van der Waals surface area contributed by atoms with Crippen molar-refractivity contribution in [2.75, 3.05) is 13.2 Å². The van der Waals surface area contributed by atoms with E-state index >= 15 is 0 Å². The molecule has 1 heterocycles. The molecule has 1 aromatic heterocycles. The van der Waals surface area contributed by atoms with Gasteiger partial charge in [0, 0.05) is 22.1 Å². The minimum Gasteiger partial charge on any atom is -0.462 e. The zero-order chi connectivity index (χ0) is 30.1. The molecule has 2 aromatic carbocycles. The molecule has 0 aliphatic heterocycles. The monoisotopic (exact) mass is 558 g/mol. The summed E-state index contributed by atoms with van der Waals surface area (Å²) < 4.78 is 21.5. The van der Waals surface area contributed by atoms with Crippen LogP contribution in [0, 0.1) is 0 Å². The van der Waals surface area contributed by atoms with Crippen LogP contribution in [0.3, 0.4) is 0 Å². The van der Waals surface area contributed by atoms with E-state index in [4.69, 9.17) is 18.6 Å². The molecule has 0 N–H and O–H groups in total. The van der Waals surface area contributed by atoms with Crippen molar-refractivity contribution in [1.29, 1.82) is 0 Å². The van der Waals surface area contributed by atoms with Crippen LogP contribution in [0.1, 0.15) is 44.7 Å². The SMILES string of the molecule is C=C(C)C(=O)OCCCc1cc(CCCOC(=O)C(=C)C)c2oc(=O)c(-c3ccc(OC(=O)C(=C)C)cc3)cc2c1. The molecule has 0 saturated carbocycles. The van der Waals surface area contributed by atoms with Crippen molar-refractivity contribution in [2.45, 2.75) is 46.5 Å². The molecule has 3 aromatic rings. The number of fused-ring (bicyclic) bond motifs is 1. The minimum atomic E-state index is -0.535. The Morgan fingerprint density at radius 3 is 1.88 bits per heavy atom. The molecule has 214 valence electrons. The van der Waals surface area contributed by atoms with Crippen LogP contribution in [0.25, 0.3) is 22.1 Å². The number of esters is 3. The first kappa shape index (κ1) is 30.8. The van der Waals surface area contributed by atoms with Gasteiger partial charge in [-0.2, -0.15) is 0 Å². The summed E-state index contributed by atoms with van der Waals surface area (Å²) in [6, 6.07) is 12.2. The molecule has 8 heteroatoms. The van der Waals surface area contributed by atoms with Gasteiger partial charge in [0.1, 0.15) is 11.3 Å². The third-order valence-electron chi connectivity index (χ3n) is 6.06. The van der Waals surface area contributed by atoms with Crippen molar-refractivity contribution in [3.05, 3.63) is 100 Å².